The van der Waals surface area contributed by atoms with Gasteiger partial charge in [-0.15, -0.1) is 0 Å². The first-order valence-electron chi connectivity index (χ1n) is 9.71. The summed E-state index contributed by atoms with van der Waals surface area (Å²) >= 11 is 3.38. The molecule has 8 heteroatoms. The van der Waals surface area contributed by atoms with Crippen molar-refractivity contribution in [3.8, 4) is 5.69 Å². The van der Waals surface area contributed by atoms with E-state index in [4.69, 9.17) is 0 Å². The van der Waals surface area contributed by atoms with Gasteiger partial charge in [-0.25, -0.2) is 4.68 Å². The molecule has 0 unspecified atom stereocenters. The zero-order valence-electron chi connectivity index (χ0n) is 16.6. The lowest BCUT2D eigenvalue weighted by Gasteiger charge is -2.32. The van der Waals surface area contributed by atoms with Crippen LogP contribution in [-0.2, 0) is 0 Å². The van der Waals surface area contributed by atoms with E-state index in [9.17, 15) is 9.59 Å². The first-order chi connectivity index (χ1) is 14.5. The van der Waals surface area contributed by atoms with Crippen LogP contribution in [0, 0.1) is 0 Å². The number of nitrogens with one attached hydrogen (secondary N) is 1. The third-order valence-corrected chi connectivity index (χ3v) is 5.66. The molecule has 1 aromatic heterocycles. The summed E-state index contributed by atoms with van der Waals surface area (Å²) < 4.78 is 2.49. The molecule has 0 spiro atoms. The zero-order chi connectivity index (χ0) is 21.1. The smallest absolute Gasteiger partial charge is 0.259 e. The average molecular weight is 468 g/mol. The van der Waals surface area contributed by atoms with Crippen molar-refractivity contribution in [3.05, 3.63) is 76.4 Å². The lowest BCUT2D eigenvalue weighted by molar-refractivity contribution is 0.0665. The van der Waals surface area contributed by atoms with Crippen molar-refractivity contribution in [2.45, 2.75) is 0 Å². The van der Waals surface area contributed by atoms with Gasteiger partial charge in [0, 0.05) is 36.2 Å². The van der Waals surface area contributed by atoms with Gasteiger partial charge in [-0.05, 0) is 43.4 Å². The number of hydrogen-bond donors (Lipinski definition) is 1. The minimum Gasteiger partial charge on any atom is -0.336 e. The van der Waals surface area contributed by atoms with Gasteiger partial charge in [-0.2, -0.15) is 5.10 Å². The molecule has 2 aromatic carbocycles. The number of para-hydroxylation sites is 1. The summed E-state index contributed by atoms with van der Waals surface area (Å²) in [6, 6.07) is 16.5. The maximum atomic E-state index is 13.2. The summed E-state index contributed by atoms with van der Waals surface area (Å²) in [5, 5.41) is 7.33. The Morgan fingerprint density at radius 3 is 2.30 bits per heavy atom. The second-order valence-corrected chi connectivity index (χ2v) is 8.13. The molecule has 1 N–H and O–H groups in total. The summed E-state index contributed by atoms with van der Waals surface area (Å²) in [6.07, 6.45) is 1.53. The maximum absolute atomic E-state index is 13.2. The molecule has 4 rings (SSSR count). The molecular formula is C22H22BrN5O2. The monoisotopic (exact) mass is 467 g/mol. The summed E-state index contributed by atoms with van der Waals surface area (Å²) in [4.78, 5) is 30.1. The normalized spacial score (nSPS) is 14.5. The predicted octanol–water partition coefficient (Wildman–Crippen LogP) is 3.27. The van der Waals surface area contributed by atoms with Crippen LogP contribution in [0.25, 0.3) is 5.69 Å². The first-order valence-corrected chi connectivity index (χ1v) is 10.5. The SMILES string of the molecule is CN1CCN(C(=O)c2cnn(-c3ccccc3)c2NC(=O)c2ccc(Br)cc2)CC1. The summed E-state index contributed by atoms with van der Waals surface area (Å²) in [5.41, 5.74) is 1.65. The number of carbonyl (C=O) groups excluding carboxylic acids is 2. The molecule has 2 amide bonds. The summed E-state index contributed by atoms with van der Waals surface area (Å²) in [7, 11) is 2.04. The fourth-order valence-corrected chi connectivity index (χ4v) is 3.62. The Hall–Kier alpha value is -2.97. The molecular weight excluding hydrogens is 446 g/mol. The van der Waals surface area contributed by atoms with E-state index in [2.05, 4.69) is 31.2 Å². The summed E-state index contributed by atoms with van der Waals surface area (Å²) in [6.45, 7) is 2.93. The molecule has 0 aliphatic carbocycles. The van der Waals surface area contributed by atoms with Crippen molar-refractivity contribution in [1.82, 2.24) is 19.6 Å². The van der Waals surface area contributed by atoms with Crippen molar-refractivity contribution in [2.75, 3.05) is 38.5 Å². The van der Waals surface area contributed by atoms with Gasteiger partial charge in [0.15, 0.2) is 0 Å². The van der Waals surface area contributed by atoms with Crippen LogP contribution < -0.4 is 5.32 Å². The maximum Gasteiger partial charge on any atom is 0.259 e. The minimum atomic E-state index is -0.299. The van der Waals surface area contributed by atoms with Crippen LogP contribution in [0.3, 0.4) is 0 Å². The Balaban J connectivity index is 1.68. The molecule has 2 heterocycles. The fourth-order valence-electron chi connectivity index (χ4n) is 3.35. The lowest BCUT2D eigenvalue weighted by Crippen LogP contribution is -2.47. The molecule has 30 heavy (non-hydrogen) atoms. The Kier molecular flexibility index (Phi) is 5.96. The van der Waals surface area contributed by atoms with Crippen LogP contribution >= 0.6 is 15.9 Å². The third kappa shape index (κ3) is 4.29. The average Bonchev–Trinajstić information content (AvgIpc) is 3.18. The highest BCUT2D eigenvalue weighted by molar-refractivity contribution is 9.10. The quantitative estimate of drug-likeness (QED) is 0.638. The van der Waals surface area contributed by atoms with Crippen molar-refractivity contribution in [3.63, 3.8) is 0 Å². The van der Waals surface area contributed by atoms with E-state index >= 15 is 0 Å². The van der Waals surface area contributed by atoms with E-state index < -0.39 is 0 Å². The largest absolute Gasteiger partial charge is 0.336 e. The number of piperazine rings is 1. The van der Waals surface area contributed by atoms with Crippen molar-refractivity contribution in [2.24, 2.45) is 0 Å². The Labute approximate surface area is 183 Å². The molecule has 0 atom stereocenters. The Bertz CT molecular complexity index is 1040. The van der Waals surface area contributed by atoms with Crippen molar-refractivity contribution < 1.29 is 9.59 Å². The van der Waals surface area contributed by atoms with E-state index in [-0.39, 0.29) is 11.8 Å². The standard InChI is InChI=1S/C22H22BrN5O2/c1-26-11-13-27(14-12-26)22(30)19-15-24-28(18-5-3-2-4-6-18)20(19)25-21(29)16-7-9-17(23)10-8-16/h2-10,15H,11-14H2,1H3,(H,25,29). The number of halogens is 1. The van der Waals surface area contributed by atoms with E-state index in [1.165, 1.54) is 6.20 Å². The number of anilines is 1. The van der Waals surface area contributed by atoms with Crippen LogP contribution in [0.15, 0.2) is 65.3 Å². The molecule has 7 nitrogen and oxygen atoms in total. The number of nitrogens with zero attached hydrogens (tertiary/aromatic N) is 4. The molecule has 1 aliphatic rings. The second kappa shape index (κ2) is 8.81. The van der Waals surface area contributed by atoms with Crippen LogP contribution in [-0.4, -0.2) is 64.6 Å². The molecule has 0 saturated carbocycles. The summed E-state index contributed by atoms with van der Waals surface area (Å²) in [5.74, 6) is -0.0537. The molecule has 1 fully saturated rings. The highest BCUT2D eigenvalue weighted by atomic mass is 79.9. The van der Waals surface area contributed by atoms with Gasteiger partial charge in [0.2, 0.25) is 0 Å². The topological polar surface area (TPSA) is 70.5 Å². The van der Waals surface area contributed by atoms with E-state index in [1.807, 2.05) is 42.3 Å². The highest BCUT2D eigenvalue weighted by Crippen LogP contribution is 2.23. The van der Waals surface area contributed by atoms with Gasteiger partial charge >= 0.3 is 0 Å². The van der Waals surface area contributed by atoms with Gasteiger partial charge < -0.3 is 15.1 Å². The number of amides is 2. The second-order valence-electron chi connectivity index (χ2n) is 7.21. The lowest BCUT2D eigenvalue weighted by atomic mass is 10.2. The third-order valence-electron chi connectivity index (χ3n) is 5.13. The van der Waals surface area contributed by atoms with Gasteiger partial charge in [-0.1, -0.05) is 34.1 Å². The molecule has 154 valence electrons. The molecule has 1 saturated heterocycles. The highest BCUT2D eigenvalue weighted by Gasteiger charge is 2.26. The molecule has 0 radical (unpaired) electrons. The van der Waals surface area contributed by atoms with Gasteiger partial charge in [0.1, 0.15) is 11.4 Å². The predicted molar refractivity (Wildman–Crippen MR) is 119 cm³/mol. The van der Waals surface area contributed by atoms with Crippen LogP contribution in [0.1, 0.15) is 20.7 Å². The number of carbonyl (C=O) groups is 2. The first kappa shape index (κ1) is 20.3. The van der Waals surface area contributed by atoms with E-state index in [0.717, 1.165) is 23.2 Å². The molecule has 1 aliphatic heterocycles. The van der Waals surface area contributed by atoms with Gasteiger partial charge in [-0.3, -0.25) is 9.59 Å². The number of rotatable bonds is 4. The molecule has 0 bridgehead atoms. The van der Waals surface area contributed by atoms with Crippen molar-refractivity contribution >= 4 is 33.6 Å². The number of hydrogen-bond acceptors (Lipinski definition) is 4. The Morgan fingerprint density at radius 1 is 0.967 bits per heavy atom. The fraction of sp³-hybridized carbons (Fsp3) is 0.227. The number of aromatic nitrogens is 2. The molecule has 3 aromatic rings. The van der Waals surface area contributed by atoms with Gasteiger partial charge in [0.05, 0.1) is 11.9 Å². The minimum absolute atomic E-state index is 0.128. The van der Waals surface area contributed by atoms with Crippen LogP contribution in [0.4, 0.5) is 5.82 Å². The van der Waals surface area contributed by atoms with Crippen LogP contribution in [0.5, 0.6) is 0 Å². The number of likely N-dealkylation sites (N-methyl/N-ethyl adjacent to an activating group) is 1. The van der Waals surface area contributed by atoms with E-state index in [0.29, 0.717) is 30.0 Å². The zero-order valence-corrected chi connectivity index (χ0v) is 18.2. The number of benzene rings is 2. The van der Waals surface area contributed by atoms with Crippen molar-refractivity contribution in [1.29, 1.82) is 0 Å². The van der Waals surface area contributed by atoms with Gasteiger partial charge in [0.25, 0.3) is 11.8 Å². The Morgan fingerprint density at radius 2 is 1.63 bits per heavy atom. The van der Waals surface area contributed by atoms with E-state index in [1.54, 1.807) is 28.9 Å². The van der Waals surface area contributed by atoms with Crippen LogP contribution in [0.2, 0.25) is 0 Å².